The van der Waals surface area contributed by atoms with E-state index in [0.29, 0.717) is 0 Å². The second kappa shape index (κ2) is 5.11. The van der Waals surface area contributed by atoms with E-state index >= 15 is 0 Å². The number of rotatable bonds is 2. The standard InChI is InChI=1S/C14H13BN2OS/c1-19-14-9-5-4-8-13(14)17-15(18)12-7-3-2-6-11(12)10-16-17/h2-10,18H,1H3. The maximum atomic E-state index is 10.5. The van der Waals surface area contributed by atoms with Crippen LogP contribution in [-0.4, -0.2) is 24.5 Å². The van der Waals surface area contributed by atoms with Crippen molar-refractivity contribution in [1.82, 2.24) is 0 Å². The molecule has 0 aromatic heterocycles. The Kier molecular flexibility index (Phi) is 3.32. The van der Waals surface area contributed by atoms with Gasteiger partial charge in [-0.15, -0.1) is 11.8 Å². The molecule has 0 fully saturated rings. The van der Waals surface area contributed by atoms with Gasteiger partial charge in [0.25, 0.3) is 0 Å². The fraction of sp³-hybridized carbons (Fsp3) is 0.0714. The number of anilines is 1. The number of fused-ring (bicyclic) bond motifs is 1. The predicted molar refractivity (Wildman–Crippen MR) is 82.3 cm³/mol. The van der Waals surface area contributed by atoms with Gasteiger partial charge in [-0.3, -0.25) is 4.92 Å². The molecule has 0 bridgehead atoms. The van der Waals surface area contributed by atoms with Gasteiger partial charge < -0.3 is 5.02 Å². The summed E-state index contributed by atoms with van der Waals surface area (Å²) >= 11 is 1.65. The molecule has 1 aliphatic rings. The van der Waals surface area contributed by atoms with Gasteiger partial charge in [0.2, 0.25) is 0 Å². The highest BCUT2D eigenvalue weighted by Gasteiger charge is 2.30. The molecule has 0 unspecified atom stereocenters. The third-order valence-corrected chi connectivity index (χ3v) is 3.94. The largest absolute Gasteiger partial charge is 0.471 e. The van der Waals surface area contributed by atoms with E-state index in [1.165, 1.54) is 0 Å². The minimum atomic E-state index is -0.741. The first-order valence-corrected chi connectivity index (χ1v) is 7.27. The predicted octanol–water partition coefficient (Wildman–Crippen LogP) is 1.95. The molecule has 0 atom stereocenters. The van der Waals surface area contributed by atoms with Crippen molar-refractivity contribution in [1.29, 1.82) is 0 Å². The molecule has 0 amide bonds. The van der Waals surface area contributed by atoms with Crippen LogP contribution < -0.4 is 10.4 Å². The smallest absolute Gasteiger partial charge is 0.427 e. The lowest BCUT2D eigenvalue weighted by Gasteiger charge is -2.27. The van der Waals surface area contributed by atoms with Crippen LogP contribution >= 0.6 is 11.8 Å². The highest BCUT2D eigenvalue weighted by atomic mass is 32.2. The van der Waals surface area contributed by atoms with Gasteiger partial charge in [-0.1, -0.05) is 36.4 Å². The molecule has 1 N–H and O–H groups in total. The Balaban J connectivity index is 2.05. The average Bonchev–Trinajstić information content (AvgIpc) is 2.48. The Morgan fingerprint density at radius 2 is 1.84 bits per heavy atom. The molecule has 0 aliphatic carbocycles. The number of thioether (sulfide) groups is 1. The van der Waals surface area contributed by atoms with Gasteiger partial charge in [-0.2, -0.15) is 5.10 Å². The minimum absolute atomic E-state index is 0.741. The molecular weight excluding hydrogens is 255 g/mol. The lowest BCUT2D eigenvalue weighted by Crippen LogP contribution is -2.50. The van der Waals surface area contributed by atoms with E-state index in [1.54, 1.807) is 22.9 Å². The van der Waals surface area contributed by atoms with Crippen LogP contribution in [0.4, 0.5) is 5.69 Å². The van der Waals surface area contributed by atoms with Crippen molar-refractivity contribution in [3.8, 4) is 0 Å². The zero-order valence-corrected chi connectivity index (χ0v) is 11.3. The molecular formula is C14H13BN2OS. The van der Waals surface area contributed by atoms with Crippen molar-refractivity contribution < 1.29 is 5.02 Å². The van der Waals surface area contributed by atoms with Gasteiger partial charge in [0.15, 0.2) is 0 Å². The van der Waals surface area contributed by atoms with Crippen LogP contribution in [-0.2, 0) is 0 Å². The van der Waals surface area contributed by atoms with Gasteiger partial charge >= 0.3 is 7.05 Å². The summed E-state index contributed by atoms with van der Waals surface area (Å²) in [6.45, 7) is 0. The van der Waals surface area contributed by atoms with Crippen LogP contribution in [0.2, 0.25) is 0 Å². The summed E-state index contributed by atoms with van der Waals surface area (Å²) < 4.78 is 0. The molecule has 0 saturated carbocycles. The lowest BCUT2D eigenvalue weighted by atomic mass is 9.69. The fourth-order valence-corrected chi connectivity index (χ4v) is 2.78. The van der Waals surface area contributed by atoms with E-state index in [-0.39, 0.29) is 0 Å². The molecule has 19 heavy (non-hydrogen) atoms. The van der Waals surface area contributed by atoms with Crippen LogP contribution in [0.15, 0.2) is 58.5 Å². The zero-order chi connectivity index (χ0) is 13.2. The molecule has 0 spiro atoms. The van der Waals surface area contributed by atoms with E-state index in [9.17, 15) is 5.02 Å². The highest BCUT2D eigenvalue weighted by Crippen LogP contribution is 2.29. The van der Waals surface area contributed by atoms with E-state index < -0.39 is 7.05 Å². The summed E-state index contributed by atoms with van der Waals surface area (Å²) in [7, 11) is -0.741. The second-order valence-corrected chi connectivity index (χ2v) is 5.11. The number of nitrogens with zero attached hydrogens (tertiary/aromatic N) is 2. The number of hydrogen-bond acceptors (Lipinski definition) is 4. The minimum Gasteiger partial charge on any atom is -0.427 e. The fourth-order valence-electron chi connectivity index (χ4n) is 2.20. The Morgan fingerprint density at radius 1 is 1.11 bits per heavy atom. The Morgan fingerprint density at radius 3 is 2.68 bits per heavy atom. The quantitative estimate of drug-likeness (QED) is 0.668. The third-order valence-electron chi connectivity index (χ3n) is 3.16. The van der Waals surface area contributed by atoms with Crippen molar-refractivity contribution in [2.45, 2.75) is 4.90 Å². The van der Waals surface area contributed by atoms with Crippen molar-refractivity contribution in [2.75, 3.05) is 11.2 Å². The van der Waals surface area contributed by atoms with Crippen LogP contribution in [0.1, 0.15) is 5.56 Å². The molecule has 0 saturated heterocycles. The summed E-state index contributed by atoms with van der Waals surface area (Å²) in [5.74, 6) is 0. The SMILES string of the molecule is CSc1ccccc1N1N=Cc2ccccc2B1O. The van der Waals surface area contributed by atoms with Gasteiger partial charge in [0.05, 0.1) is 11.9 Å². The second-order valence-electron chi connectivity index (χ2n) is 4.26. The molecule has 2 aromatic carbocycles. The van der Waals surface area contributed by atoms with Crippen molar-refractivity contribution in [3.63, 3.8) is 0 Å². The first-order chi connectivity index (χ1) is 9.31. The third kappa shape index (κ3) is 2.15. The van der Waals surface area contributed by atoms with E-state index in [4.69, 9.17) is 0 Å². The van der Waals surface area contributed by atoms with Gasteiger partial charge in [-0.05, 0) is 29.4 Å². The molecule has 3 rings (SSSR count). The van der Waals surface area contributed by atoms with E-state index in [1.807, 2.05) is 54.8 Å². The molecule has 5 heteroatoms. The van der Waals surface area contributed by atoms with Gasteiger partial charge in [-0.25, -0.2) is 0 Å². The summed E-state index contributed by atoms with van der Waals surface area (Å²) in [5, 5.41) is 14.9. The van der Waals surface area contributed by atoms with E-state index in [0.717, 1.165) is 21.6 Å². The average molecular weight is 268 g/mol. The molecule has 1 heterocycles. The van der Waals surface area contributed by atoms with Crippen LogP contribution in [0.3, 0.4) is 0 Å². The highest BCUT2D eigenvalue weighted by molar-refractivity contribution is 7.98. The summed E-state index contributed by atoms with van der Waals surface area (Å²) in [6.07, 6.45) is 3.81. The van der Waals surface area contributed by atoms with Crippen LogP contribution in [0.5, 0.6) is 0 Å². The maximum absolute atomic E-state index is 10.5. The van der Waals surface area contributed by atoms with Gasteiger partial charge in [0.1, 0.15) is 0 Å². The summed E-state index contributed by atoms with van der Waals surface area (Å²) in [4.78, 5) is 2.76. The van der Waals surface area contributed by atoms with Crippen LogP contribution in [0.25, 0.3) is 0 Å². The van der Waals surface area contributed by atoms with Gasteiger partial charge in [0, 0.05) is 4.90 Å². The normalized spacial score (nSPS) is 13.6. The number of hydrazone groups is 1. The monoisotopic (exact) mass is 268 g/mol. The van der Waals surface area contributed by atoms with Crippen LogP contribution in [0, 0.1) is 0 Å². The molecule has 2 aromatic rings. The molecule has 94 valence electrons. The number of para-hydroxylation sites is 1. The lowest BCUT2D eigenvalue weighted by molar-refractivity contribution is 0.577. The summed E-state index contributed by atoms with van der Waals surface area (Å²) in [5.41, 5.74) is 2.77. The number of hydrogen-bond donors (Lipinski definition) is 1. The Labute approximate surface area is 117 Å². The maximum Gasteiger partial charge on any atom is 0.471 e. The van der Waals surface area contributed by atoms with Crippen molar-refractivity contribution >= 4 is 36.2 Å². The first kappa shape index (κ1) is 12.3. The molecule has 1 aliphatic heterocycles. The van der Waals surface area contributed by atoms with Crippen molar-refractivity contribution in [3.05, 3.63) is 54.1 Å². The van der Waals surface area contributed by atoms with Crippen molar-refractivity contribution in [2.24, 2.45) is 5.10 Å². The Hall–Kier alpha value is -1.72. The zero-order valence-electron chi connectivity index (χ0n) is 10.5. The first-order valence-electron chi connectivity index (χ1n) is 6.04. The molecule has 3 nitrogen and oxygen atoms in total. The van der Waals surface area contributed by atoms with E-state index in [2.05, 4.69) is 5.10 Å². The molecule has 0 radical (unpaired) electrons. The topological polar surface area (TPSA) is 35.8 Å². The summed E-state index contributed by atoms with van der Waals surface area (Å²) in [6, 6.07) is 15.7. The Bertz CT molecular complexity index is 632. The number of benzene rings is 2.